The summed E-state index contributed by atoms with van der Waals surface area (Å²) in [7, 11) is 0. The summed E-state index contributed by atoms with van der Waals surface area (Å²) in [6.07, 6.45) is 0. The van der Waals surface area contributed by atoms with Crippen molar-refractivity contribution in [3.8, 4) is 39.5 Å². The van der Waals surface area contributed by atoms with Gasteiger partial charge in [0, 0.05) is 48.0 Å². The van der Waals surface area contributed by atoms with E-state index < -0.39 is 0 Å². The Hall–Kier alpha value is -7.08. The van der Waals surface area contributed by atoms with Gasteiger partial charge in [-0.2, -0.15) is 0 Å². The average Bonchev–Trinajstić information content (AvgIpc) is 3.93. The van der Waals surface area contributed by atoms with Crippen LogP contribution in [-0.2, 0) is 0 Å². The lowest BCUT2D eigenvalue weighted by molar-refractivity contribution is 0.669. The molecule has 0 atom stereocenters. The van der Waals surface area contributed by atoms with Gasteiger partial charge in [0.15, 0.2) is 0 Å². The first-order valence-electron chi connectivity index (χ1n) is 18.5. The topological polar surface area (TPSA) is 43.9 Å². The van der Waals surface area contributed by atoms with Gasteiger partial charge >= 0.3 is 0 Å². The summed E-state index contributed by atoms with van der Waals surface area (Å²) in [5, 5.41) is 8.11. The van der Waals surface area contributed by atoms with Crippen LogP contribution in [0.3, 0.4) is 0 Å². The van der Waals surface area contributed by atoms with E-state index in [4.69, 9.17) is 14.4 Å². The zero-order valence-electron chi connectivity index (χ0n) is 29.4. The number of para-hydroxylation sites is 2. The maximum absolute atomic E-state index is 6.17. The highest BCUT2D eigenvalue weighted by Gasteiger charge is 2.22. The summed E-state index contributed by atoms with van der Waals surface area (Å²) < 4.78 is 11.0. The third-order valence-electron chi connectivity index (χ3n) is 11.0. The molecule has 4 heterocycles. The molecule has 0 fully saturated rings. The number of furan rings is 1. The van der Waals surface area contributed by atoms with E-state index in [9.17, 15) is 0 Å². The summed E-state index contributed by atoms with van der Waals surface area (Å²) in [6.45, 7) is 0. The molecule has 0 bridgehead atoms. The third kappa shape index (κ3) is 4.64. The van der Waals surface area contributed by atoms with E-state index in [0.29, 0.717) is 5.95 Å². The van der Waals surface area contributed by atoms with Crippen LogP contribution < -0.4 is 0 Å². The second-order valence-corrected chi connectivity index (χ2v) is 15.2. The van der Waals surface area contributed by atoms with Crippen molar-refractivity contribution >= 4 is 86.2 Å². The predicted octanol–water partition coefficient (Wildman–Crippen LogP) is 14.0. The Morgan fingerprint density at radius 2 is 1.09 bits per heavy atom. The summed E-state index contributed by atoms with van der Waals surface area (Å²) in [6, 6.07) is 62.5. The molecule has 0 aliphatic heterocycles. The molecule has 0 aliphatic carbocycles. The zero-order valence-corrected chi connectivity index (χ0v) is 30.2. The van der Waals surface area contributed by atoms with Crippen molar-refractivity contribution in [3.63, 3.8) is 0 Å². The molecule has 0 amide bonds. The van der Waals surface area contributed by atoms with Gasteiger partial charge in [-0.05, 0) is 70.8 Å². The standard InChI is InChI=1S/C50H29N3OS/c1-2-11-30(12-3-1)31-13-10-14-34(27-31)47-39-17-4-7-18-42(39)51-50(52-47)53-43-25-21-32(33-22-26-45-41(29-33)35-15-5-8-19-44(35)54-45)28-40(43)37-23-24-38-36-16-6-9-20-46(36)55-49(38)48(37)53/h1-29H. The molecule has 0 saturated heterocycles. The molecular weight excluding hydrogens is 691 g/mol. The summed E-state index contributed by atoms with van der Waals surface area (Å²) >= 11 is 1.84. The molecule has 4 nitrogen and oxygen atoms in total. The third-order valence-corrected chi connectivity index (χ3v) is 12.2. The molecular formula is C50H29N3OS. The van der Waals surface area contributed by atoms with Crippen molar-refractivity contribution in [1.29, 1.82) is 0 Å². The lowest BCUT2D eigenvalue weighted by Crippen LogP contribution is -2.03. The van der Waals surface area contributed by atoms with Crippen molar-refractivity contribution in [2.24, 2.45) is 0 Å². The molecule has 12 aromatic rings. The molecule has 5 heteroatoms. The minimum Gasteiger partial charge on any atom is -0.456 e. The molecule has 0 aliphatic rings. The van der Waals surface area contributed by atoms with E-state index in [1.165, 1.54) is 31.1 Å². The SMILES string of the molecule is c1ccc(-c2cccc(-c3nc(-n4c5ccc(-c6ccc7oc8ccccc8c7c6)cc5c5ccc6c7ccccc7sc6c54)nc4ccccc34)c2)cc1. The lowest BCUT2D eigenvalue weighted by atomic mass is 10.00. The first kappa shape index (κ1) is 30.4. The number of fused-ring (bicyclic) bond motifs is 11. The molecule has 8 aromatic carbocycles. The molecule has 0 saturated carbocycles. The van der Waals surface area contributed by atoms with Crippen LogP contribution in [0.4, 0.5) is 0 Å². The molecule has 0 spiro atoms. The monoisotopic (exact) mass is 719 g/mol. The van der Waals surface area contributed by atoms with Gasteiger partial charge < -0.3 is 4.42 Å². The van der Waals surface area contributed by atoms with Crippen molar-refractivity contribution in [3.05, 3.63) is 176 Å². The normalized spacial score (nSPS) is 12.0. The fourth-order valence-electron chi connectivity index (χ4n) is 8.44. The van der Waals surface area contributed by atoms with Crippen molar-refractivity contribution in [2.75, 3.05) is 0 Å². The number of benzene rings is 8. The maximum Gasteiger partial charge on any atom is 0.235 e. The van der Waals surface area contributed by atoms with Crippen molar-refractivity contribution in [1.82, 2.24) is 14.5 Å². The molecule has 0 N–H and O–H groups in total. The van der Waals surface area contributed by atoms with Gasteiger partial charge in [-0.15, -0.1) is 11.3 Å². The van der Waals surface area contributed by atoms with Crippen LogP contribution in [-0.4, -0.2) is 14.5 Å². The van der Waals surface area contributed by atoms with Crippen LogP contribution in [0.1, 0.15) is 0 Å². The molecule has 256 valence electrons. The van der Waals surface area contributed by atoms with Crippen molar-refractivity contribution in [2.45, 2.75) is 0 Å². The number of thiophene rings is 1. The number of nitrogens with zero attached hydrogens (tertiary/aromatic N) is 3. The van der Waals surface area contributed by atoms with Gasteiger partial charge in [0.1, 0.15) is 11.2 Å². The fourth-order valence-corrected chi connectivity index (χ4v) is 9.68. The minimum atomic E-state index is 0.655. The van der Waals surface area contributed by atoms with Gasteiger partial charge in [-0.3, -0.25) is 4.57 Å². The van der Waals surface area contributed by atoms with Gasteiger partial charge in [-0.1, -0.05) is 127 Å². The van der Waals surface area contributed by atoms with E-state index >= 15 is 0 Å². The number of rotatable bonds is 4. The molecule has 12 rings (SSSR count). The molecule has 0 unspecified atom stereocenters. The Kier molecular flexibility index (Phi) is 6.47. The Morgan fingerprint density at radius 1 is 0.418 bits per heavy atom. The van der Waals surface area contributed by atoms with E-state index in [1.807, 2.05) is 23.5 Å². The maximum atomic E-state index is 6.17. The van der Waals surface area contributed by atoms with Crippen molar-refractivity contribution < 1.29 is 4.42 Å². The Balaban J connectivity index is 1.14. The zero-order chi connectivity index (χ0) is 36.0. The minimum absolute atomic E-state index is 0.655. The highest BCUT2D eigenvalue weighted by atomic mass is 32.1. The van der Waals surface area contributed by atoms with Gasteiger partial charge in [0.25, 0.3) is 0 Å². The van der Waals surface area contributed by atoms with Crippen LogP contribution in [0, 0.1) is 0 Å². The highest BCUT2D eigenvalue weighted by molar-refractivity contribution is 7.26. The summed E-state index contributed by atoms with van der Waals surface area (Å²) in [5.41, 5.74) is 11.5. The van der Waals surface area contributed by atoms with Crippen LogP contribution in [0.5, 0.6) is 0 Å². The van der Waals surface area contributed by atoms with Crippen LogP contribution in [0.25, 0.3) is 114 Å². The van der Waals surface area contributed by atoms with E-state index in [2.05, 4.69) is 168 Å². The fraction of sp³-hybridized carbons (Fsp3) is 0. The van der Waals surface area contributed by atoms with Gasteiger partial charge in [-0.25, -0.2) is 9.97 Å². The van der Waals surface area contributed by atoms with Crippen LogP contribution in [0.15, 0.2) is 180 Å². The Labute approximate surface area is 319 Å². The molecule has 0 radical (unpaired) electrons. The second kappa shape index (κ2) is 11.7. The Bertz CT molecular complexity index is 3500. The number of hydrogen-bond donors (Lipinski definition) is 0. The van der Waals surface area contributed by atoms with E-state index in [1.54, 1.807) is 0 Å². The smallest absolute Gasteiger partial charge is 0.235 e. The lowest BCUT2D eigenvalue weighted by Gasteiger charge is -2.13. The first-order chi connectivity index (χ1) is 27.2. The van der Waals surface area contributed by atoms with Crippen LogP contribution in [0.2, 0.25) is 0 Å². The molecule has 4 aromatic heterocycles. The quantitative estimate of drug-likeness (QED) is 0.182. The number of hydrogen-bond acceptors (Lipinski definition) is 4. The van der Waals surface area contributed by atoms with E-state index in [0.717, 1.165) is 77.2 Å². The van der Waals surface area contributed by atoms with Gasteiger partial charge in [0.05, 0.1) is 26.9 Å². The molecule has 55 heavy (non-hydrogen) atoms. The van der Waals surface area contributed by atoms with Crippen LogP contribution >= 0.6 is 11.3 Å². The second-order valence-electron chi connectivity index (χ2n) is 14.1. The largest absolute Gasteiger partial charge is 0.456 e. The summed E-state index contributed by atoms with van der Waals surface area (Å²) in [4.78, 5) is 10.8. The predicted molar refractivity (Wildman–Crippen MR) is 230 cm³/mol. The first-order valence-corrected chi connectivity index (χ1v) is 19.3. The van der Waals surface area contributed by atoms with Gasteiger partial charge in [0.2, 0.25) is 5.95 Å². The average molecular weight is 720 g/mol. The Morgan fingerprint density at radius 3 is 2.00 bits per heavy atom. The summed E-state index contributed by atoms with van der Waals surface area (Å²) in [5.74, 6) is 0.655. The number of aromatic nitrogens is 3. The van der Waals surface area contributed by atoms with E-state index in [-0.39, 0.29) is 0 Å². The highest BCUT2D eigenvalue weighted by Crippen LogP contribution is 2.44.